The first kappa shape index (κ1) is 12.8. The lowest BCUT2D eigenvalue weighted by molar-refractivity contribution is 0.408. The number of halogens is 1. The Hall–Kier alpha value is -1.19. The maximum absolute atomic E-state index is 6.52. The van der Waals surface area contributed by atoms with Crippen LogP contribution in [0.15, 0.2) is 16.5 Å². The lowest BCUT2D eigenvalue weighted by atomic mass is 10.0. The molecule has 4 heteroatoms. The van der Waals surface area contributed by atoms with Crippen LogP contribution in [-0.4, -0.2) is 19.7 Å². The fraction of sp³-hybridized carbons (Fsp3) is 0.467. The van der Waals surface area contributed by atoms with Gasteiger partial charge in [-0.3, -0.25) is 0 Å². The highest BCUT2D eigenvalue weighted by atomic mass is 35.5. The van der Waals surface area contributed by atoms with Crippen molar-refractivity contribution in [2.45, 2.75) is 32.2 Å². The molecule has 1 fully saturated rings. The summed E-state index contributed by atoms with van der Waals surface area (Å²) in [4.78, 5) is 0. The van der Waals surface area contributed by atoms with Crippen LogP contribution in [0, 0.1) is 6.92 Å². The van der Waals surface area contributed by atoms with Crippen molar-refractivity contribution >= 4 is 22.6 Å². The monoisotopic (exact) mass is 279 g/mol. The Morgan fingerprint density at radius 2 is 2.32 bits per heavy atom. The summed E-state index contributed by atoms with van der Waals surface area (Å²) in [5.74, 6) is 1.62. The molecule has 1 aromatic carbocycles. The molecule has 0 radical (unpaired) electrons. The highest BCUT2D eigenvalue weighted by Gasteiger charge is 2.20. The molecule has 1 aliphatic rings. The molecule has 0 spiro atoms. The van der Waals surface area contributed by atoms with E-state index in [2.05, 4.69) is 5.32 Å². The van der Waals surface area contributed by atoms with Crippen molar-refractivity contribution in [3.05, 3.63) is 28.5 Å². The maximum Gasteiger partial charge on any atom is 0.177 e. The van der Waals surface area contributed by atoms with E-state index < -0.39 is 0 Å². The standard InChI is InChI=1S/C15H18ClNO2/c1-9-6-12-14(16)10(7-11-4-3-5-17-11)8-13(18-2)15(12)19-9/h6,8,11,17H,3-5,7H2,1-2H3. The minimum absolute atomic E-state index is 0.521. The van der Waals surface area contributed by atoms with Crippen LogP contribution in [0.4, 0.5) is 0 Å². The smallest absolute Gasteiger partial charge is 0.177 e. The van der Waals surface area contributed by atoms with Crippen LogP contribution in [0.1, 0.15) is 24.2 Å². The zero-order chi connectivity index (χ0) is 13.4. The predicted octanol–water partition coefficient (Wildman–Crippen LogP) is 3.70. The fourth-order valence-corrected chi connectivity index (χ4v) is 3.09. The van der Waals surface area contributed by atoms with Crippen LogP contribution < -0.4 is 10.1 Å². The number of fused-ring (bicyclic) bond motifs is 1. The molecule has 1 aromatic heterocycles. The number of rotatable bonds is 3. The quantitative estimate of drug-likeness (QED) is 0.930. The van der Waals surface area contributed by atoms with Gasteiger partial charge in [0.1, 0.15) is 5.76 Å². The van der Waals surface area contributed by atoms with Crippen molar-refractivity contribution in [3.8, 4) is 5.75 Å². The van der Waals surface area contributed by atoms with Gasteiger partial charge in [-0.2, -0.15) is 0 Å². The number of ether oxygens (including phenoxy) is 1. The van der Waals surface area contributed by atoms with Crippen LogP contribution in [0.3, 0.4) is 0 Å². The summed E-state index contributed by atoms with van der Waals surface area (Å²) in [6.07, 6.45) is 3.39. The lowest BCUT2D eigenvalue weighted by Crippen LogP contribution is -2.23. The molecule has 1 unspecified atom stereocenters. The molecule has 1 aliphatic heterocycles. The summed E-state index contributed by atoms with van der Waals surface area (Å²) in [5, 5.41) is 5.24. The normalized spacial score (nSPS) is 19.2. The molecule has 0 amide bonds. The maximum atomic E-state index is 6.52. The van der Waals surface area contributed by atoms with Crippen molar-refractivity contribution in [1.29, 1.82) is 0 Å². The number of benzene rings is 1. The van der Waals surface area contributed by atoms with Crippen LogP contribution in [0.25, 0.3) is 11.0 Å². The Balaban J connectivity index is 2.05. The van der Waals surface area contributed by atoms with Gasteiger partial charge in [-0.25, -0.2) is 0 Å². The third kappa shape index (κ3) is 2.33. The van der Waals surface area contributed by atoms with Gasteiger partial charge in [0, 0.05) is 11.4 Å². The topological polar surface area (TPSA) is 34.4 Å². The number of furan rings is 1. The van der Waals surface area contributed by atoms with Gasteiger partial charge in [-0.05, 0) is 50.4 Å². The molecular formula is C15H18ClNO2. The van der Waals surface area contributed by atoms with E-state index in [1.54, 1.807) is 7.11 Å². The van der Waals surface area contributed by atoms with Gasteiger partial charge < -0.3 is 14.5 Å². The number of aryl methyl sites for hydroxylation is 1. The van der Waals surface area contributed by atoms with Crippen molar-refractivity contribution < 1.29 is 9.15 Å². The molecular weight excluding hydrogens is 262 g/mol. The zero-order valence-corrected chi connectivity index (χ0v) is 12.0. The van der Waals surface area contributed by atoms with Crippen molar-refractivity contribution in [2.24, 2.45) is 0 Å². The number of hydrogen-bond acceptors (Lipinski definition) is 3. The number of hydrogen-bond donors (Lipinski definition) is 1. The molecule has 0 saturated carbocycles. The van der Waals surface area contributed by atoms with Gasteiger partial charge in [-0.15, -0.1) is 0 Å². The van der Waals surface area contributed by atoms with Gasteiger partial charge in [0.15, 0.2) is 11.3 Å². The molecule has 2 aromatic rings. The van der Waals surface area contributed by atoms with Crippen molar-refractivity contribution in [2.75, 3.05) is 13.7 Å². The van der Waals surface area contributed by atoms with Crippen LogP contribution in [0.2, 0.25) is 5.02 Å². The van der Waals surface area contributed by atoms with E-state index in [1.807, 2.05) is 19.1 Å². The summed E-state index contributed by atoms with van der Waals surface area (Å²) in [7, 11) is 1.66. The van der Waals surface area contributed by atoms with Crippen LogP contribution >= 0.6 is 11.6 Å². The summed E-state index contributed by atoms with van der Waals surface area (Å²) in [6.45, 7) is 3.03. The molecule has 19 heavy (non-hydrogen) atoms. The average molecular weight is 280 g/mol. The highest BCUT2D eigenvalue weighted by Crippen LogP contribution is 2.37. The molecule has 102 valence electrons. The van der Waals surface area contributed by atoms with Crippen molar-refractivity contribution in [3.63, 3.8) is 0 Å². The number of nitrogens with one attached hydrogen (secondary N) is 1. The third-order valence-electron chi connectivity index (χ3n) is 3.75. The molecule has 1 atom stereocenters. The third-order valence-corrected chi connectivity index (χ3v) is 4.20. The average Bonchev–Trinajstić information content (AvgIpc) is 3.02. The summed E-state index contributed by atoms with van der Waals surface area (Å²) in [6, 6.07) is 4.51. The predicted molar refractivity (Wildman–Crippen MR) is 77.2 cm³/mol. The van der Waals surface area contributed by atoms with Crippen LogP contribution in [0.5, 0.6) is 5.75 Å². The molecule has 0 bridgehead atoms. The first-order valence-corrected chi connectivity index (χ1v) is 7.05. The Labute approximate surface area is 117 Å². The second-order valence-electron chi connectivity index (χ2n) is 5.15. The van der Waals surface area contributed by atoms with E-state index in [9.17, 15) is 0 Å². The Morgan fingerprint density at radius 3 is 3.00 bits per heavy atom. The molecule has 1 saturated heterocycles. The highest BCUT2D eigenvalue weighted by molar-refractivity contribution is 6.36. The molecule has 2 heterocycles. The Morgan fingerprint density at radius 1 is 1.47 bits per heavy atom. The zero-order valence-electron chi connectivity index (χ0n) is 11.3. The van der Waals surface area contributed by atoms with E-state index in [-0.39, 0.29) is 0 Å². The Kier molecular flexibility index (Phi) is 3.42. The second-order valence-corrected chi connectivity index (χ2v) is 5.53. The summed E-state index contributed by atoms with van der Waals surface area (Å²) in [5.41, 5.74) is 1.87. The van der Waals surface area contributed by atoms with Gasteiger partial charge in [0.05, 0.1) is 12.1 Å². The minimum Gasteiger partial charge on any atom is -0.493 e. The Bertz CT molecular complexity index is 600. The first-order valence-electron chi connectivity index (χ1n) is 6.68. The van der Waals surface area contributed by atoms with Gasteiger partial charge in [-0.1, -0.05) is 11.6 Å². The summed E-state index contributed by atoms with van der Waals surface area (Å²) < 4.78 is 11.1. The van der Waals surface area contributed by atoms with E-state index >= 15 is 0 Å². The van der Waals surface area contributed by atoms with E-state index in [1.165, 1.54) is 12.8 Å². The molecule has 3 rings (SSSR count). The largest absolute Gasteiger partial charge is 0.493 e. The van der Waals surface area contributed by atoms with E-state index in [0.29, 0.717) is 6.04 Å². The fourth-order valence-electron chi connectivity index (χ4n) is 2.82. The minimum atomic E-state index is 0.521. The SMILES string of the molecule is COc1cc(CC2CCCN2)c(Cl)c2cc(C)oc12. The lowest BCUT2D eigenvalue weighted by Gasteiger charge is -2.13. The van der Waals surface area contributed by atoms with E-state index in [4.69, 9.17) is 20.8 Å². The van der Waals surface area contributed by atoms with E-state index in [0.717, 1.165) is 46.0 Å². The second kappa shape index (κ2) is 5.06. The molecule has 0 aliphatic carbocycles. The van der Waals surface area contributed by atoms with Gasteiger partial charge >= 0.3 is 0 Å². The first-order chi connectivity index (χ1) is 9.19. The van der Waals surface area contributed by atoms with Gasteiger partial charge in [0.25, 0.3) is 0 Å². The van der Waals surface area contributed by atoms with Crippen LogP contribution in [-0.2, 0) is 6.42 Å². The number of methoxy groups -OCH3 is 1. The summed E-state index contributed by atoms with van der Waals surface area (Å²) >= 11 is 6.52. The van der Waals surface area contributed by atoms with Crippen molar-refractivity contribution in [1.82, 2.24) is 5.32 Å². The van der Waals surface area contributed by atoms with Gasteiger partial charge in [0.2, 0.25) is 0 Å². The molecule has 1 N–H and O–H groups in total. The molecule has 3 nitrogen and oxygen atoms in total.